The second-order valence-corrected chi connectivity index (χ2v) is 6.27. The van der Waals surface area contributed by atoms with Gasteiger partial charge in [-0.15, -0.1) is 12.4 Å². The molecule has 1 amide bonds. The van der Waals surface area contributed by atoms with Gasteiger partial charge < -0.3 is 15.4 Å². The number of likely N-dealkylation sites (tertiary alicyclic amines) is 1. The number of carbonyl (C=O) groups excluding carboxylic acids is 1. The van der Waals surface area contributed by atoms with Crippen molar-refractivity contribution in [2.45, 2.75) is 18.8 Å². The Morgan fingerprint density at radius 3 is 2.59 bits per heavy atom. The quantitative estimate of drug-likeness (QED) is 0.871. The Labute approximate surface area is 138 Å². The normalized spacial score (nSPS) is 24.1. The van der Waals surface area contributed by atoms with E-state index in [1.54, 1.807) is 0 Å². The molecule has 0 aromatic heterocycles. The molecular formula is C17H25ClN2O2. The van der Waals surface area contributed by atoms with E-state index in [1.807, 2.05) is 23.1 Å². The Morgan fingerprint density at radius 1 is 1.23 bits per heavy atom. The van der Waals surface area contributed by atoms with E-state index >= 15 is 0 Å². The van der Waals surface area contributed by atoms with Gasteiger partial charge in [0, 0.05) is 19.0 Å². The van der Waals surface area contributed by atoms with Crippen LogP contribution in [0, 0.1) is 11.8 Å². The van der Waals surface area contributed by atoms with Crippen LogP contribution in [-0.2, 0) is 9.53 Å². The zero-order chi connectivity index (χ0) is 14.7. The molecule has 0 bridgehead atoms. The van der Waals surface area contributed by atoms with Crippen LogP contribution in [0.3, 0.4) is 0 Å². The predicted molar refractivity (Wildman–Crippen MR) is 89.1 cm³/mol. The van der Waals surface area contributed by atoms with E-state index in [9.17, 15) is 4.79 Å². The number of nitrogens with two attached hydrogens (primary N) is 1. The maximum absolute atomic E-state index is 12.2. The van der Waals surface area contributed by atoms with Crippen molar-refractivity contribution in [2.75, 3.05) is 32.8 Å². The minimum Gasteiger partial charge on any atom is -0.371 e. The largest absolute Gasteiger partial charge is 0.371 e. The van der Waals surface area contributed by atoms with Crippen LogP contribution in [0.15, 0.2) is 30.3 Å². The molecule has 122 valence electrons. The number of carbonyl (C=O) groups is 1. The van der Waals surface area contributed by atoms with E-state index in [4.69, 9.17) is 10.5 Å². The number of halogens is 1. The average molecular weight is 325 g/mol. The maximum Gasteiger partial charge on any atom is 0.248 e. The van der Waals surface area contributed by atoms with Crippen LogP contribution in [0.1, 0.15) is 24.3 Å². The first kappa shape index (κ1) is 17.3. The standard InChI is InChI=1S/C17H24N2O2.ClH/c18-8-15-9-19(17(20)12-21-11-13-6-7-13)10-16(15)14-4-2-1-3-5-14;/h1-5,13,15-16H,6-12,18H2;1H/t15-,16+;/m1./s1. The lowest BCUT2D eigenvalue weighted by Gasteiger charge is -2.17. The van der Waals surface area contributed by atoms with Crippen LogP contribution < -0.4 is 5.73 Å². The number of hydrogen-bond donors (Lipinski definition) is 1. The molecule has 1 saturated heterocycles. The fraction of sp³-hybridized carbons (Fsp3) is 0.588. The number of hydrogen-bond acceptors (Lipinski definition) is 3. The Hall–Kier alpha value is -1.10. The molecule has 1 aliphatic heterocycles. The molecule has 4 nitrogen and oxygen atoms in total. The number of rotatable bonds is 6. The smallest absolute Gasteiger partial charge is 0.248 e. The number of amides is 1. The fourth-order valence-corrected chi connectivity index (χ4v) is 3.08. The summed E-state index contributed by atoms with van der Waals surface area (Å²) >= 11 is 0. The second-order valence-electron chi connectivity index (χ2n) is 6.27. The van der Waals surface area contributed by atoms with Crippen molar-refractivity contribution in [3.8, 4) is 0 Å². The van der Waals surface area contributed by atoms with Gasteiger partial charge in [-0.1, -0.05) is 30.3 Å². The first-order valence-corrected chi connectivity index (χ1v) is 7.88. The minimum atomic E-state index is 0. The van der Waals surface area contributed by atoms with Gasteiger partial charge >= 0.3 is 0 Å². The lowest BCUT2D eigenvalue weighted by molar-refractivity contribution is -0.135. The molecule has 1 aliphatic carbocycles. The molecule has 22 heavy (non-hydrogen) atoms. The minimum absolute atomic E-state index is 0. The molecule has 2 N–H and O–H groups in total. The number of benzene rings is 1. The first-order valence-electron chi connectivity index (χ1n) is 7.88. The van der Waals surface area contributed by atoms with Gasteiger partial charge in [-0.05, 0) is 36.8 Å². The monoisotopic (exact) mass is 324 g/mol. The zero-order valence-corrected chi connectivity index (χ0v) is 13.6. The third-order valence-corrected chi connectivity index (χ3v) is 4.60. The van der Waals surface area contributed by atoms with Gasteiger partial charge in [0.2, 0.25) is 5.91 Å². The van der Waals surface area contributed by atoms with E-state index in [2.05, 4.69) is 12.1 Å². The Morgan fingerprint density at radius 2 is 1.95 bits per heavy atom. The number of ether oxygens (including phenoxy) is 1. The third-order valence-electron chi connectivity index (χ3n) is 4.60. The second kappa shape index (κ2) is 7.95. The summed E-state index contributed by atoms with van der Waals surface area (Å²) in [5.41, 5.74) is 7.18. The molecule has 5 heteroatoms. The lowest BCUT2D eigenvalue weighted by atomic mass is 9.89. The predicted octanol–water partition coefficient (Wildman–Crippen LogP) is 2.04. The topological polar surface area (TPSA) is 55.6 Å². The summed E-state index contributed by atoms with van der Waals surface area (Å²) < 4.78 is 5.52. The van der Waals surface area contributed by atoms with Gasteiger partial charge in [0.1, 0.15) is 6.61 Å². The summed E-state index contributed by atoms with van der Waals surface area (Å²) in [6.45, 7) is 3.09. The summed E-state index contributed by atoms with van der Waals surface area (Å²) in [6, 6.07) is 10.4. The van der Waals surface area contributed by atoms with Crippen LogP contribution in [0.5, 0.6) is 0 Å². The molecule has 1 aromatic carbocycles. The van der Waals surface area contributed by atoms with E-state index in [1.165, 1.54) is 18.4 Å². The van der Waals surface area contributed by atoms with Crippen LogP contribution in [-0.4, -0.2) is 43.7 Å². The van der Waals surface area contributed by atoms with Crippen molar-refractivity contribution in [3.05, 3.63) is 35.9 Å². The Balaban J connectivity index is 0.00000176. The average Bonchev–Trinajstić information content (AvgIpc) is 3.24. The van der Waals surface area contributed by atoms with Crippen molar-refractivity contribution < 1.29 is 9.53 Å². The van der Waals surface area contributed by atoms with E-state index < -0.39 is 0 Å². The SMILES string of the molecule is Cl.NC[C@@H]1CN(C(=O)COCC2CC2)C[C@H]1c1ccccc1. The molecule has 2 fully saturated rings. The molecule has 0 spiro atoms. The van der Waals surface area contributed by atoms with Crippen molar-refractivity contribution in [2.24, 2.45) is 17.6 Å². The van der Waals surface area contributed by atoms with Crippen molar-refractivity contribution in [3.63, 3.8) is 0 Å². The molecule has 2 atom stereocenters. The van der Waals surface area contributed by atoms with Crippen molar-refractivity contribution >= 4 is 18.3 Å². The van der Waals surface area contributed by atoms with Gasteiger partial charge in [-0.2, -0.15) is 0 Å². The van der Waals surface area contributed by atoms with Gasteiger partial charge in [0.25, 0.3) is 0 Å². The molecular weight excluding hydrogens is 300 g/mol. The third kappa shape index (κ3) is 4.22. The fourth-order valence-electron chi connectivity index (χ4n) is 3.08. The van der Waals surface area contributed by atoms with Crippen molar-refractivity contribution in [1.29, 1.82) is 0 Å². The molecule has 2 aliphatic rings. The molecule has 0 radical (unpaired) electrons. The highest BCUT2D eigenvalue weighted by molar-refractivity contribution is 5.85. The van der Waals surface area contributed by atoms with E-state index in [-0.39, 0.29) is 24.9 Å². The van der Waals surface area contributed by atoms with Gasteiger partial charge in [0.05, 0.1) is 6.61 Å². The van der Waals surface area contributed by atoms with Gasteiger partial charge in [0.15, 0.2) is 0 Å². The molecule has 0 unspecified atom stereocenters. The van der Waals surface area contributed by atoms with Crippen LogP contribution in [0.25, 0.3) is 0 Å². The summed E-state index contributed by atoms with van der Waals surface area (Å²) in [5, 5.41) is 0. The van der Waals surface area contributed by atoms with Crippen LogP contribution in [0.2, 0.25) is 0 Å². The summed E-state index contributed by atoms with van der Waals surface area (Å²) in [5.74, 6) is 1.50. The van der Waals surface area contributed by atoms with Gasteiger partial charge in [-0.3, -0.25) is 4.79 Å². The summed E-state index contributed by atoms with van der Waals surface area (Å²) in [6.07, 6.45) is 2.51. The molecule has 1 saturated carbocycles. The maximum atomic E-state index is 12.2. The highest BCUT2D eigenvalue weighted by Crippen LogP contribution is 2.32. The molecule has 3 rings (SSSR count). The molecule has 1 aromatic rings. The van der Waals surface area contributed by atoms with E-state index in [0.717, 1.165) is 19.7 Å². The summed E-state index contributed by atoms with van der Waals surface area (Å²) in [7, 11) is 0. The van der Waals surface area contributed by atoms with Crippen LogP contribution in [0.4, 0.5) is 0 Å². The summed E-state index contributed by atoms with van der Waals surface area (Å²) in [4.78, 5) is 14.2. The van der Waals surface area contributed by atoms with Gasteiger partial charge in [-0.25, -0.2) is 0 Å². The lowest BCUT2D eigenvalue weighted by Crippen LogP contribution is -2.33. The Kier molecular flexibility index (Phi) is 6.24. The first-order chi connectivity index (χ1) is 10.3. The van der Waals surface area contributed by atoms with Crippen LogP contribution >= 0.6 is 12.4 Å². The zero-order valence-electron chi connectivity index (χ0n) is 12.8. The highest BCUT2D eigenvalue weighted by Gasteiger charge is 2.35. The highest BCUT2D eigenvalue weighted by atomic mass is 35.5. The molecule has 1 heterocycles. The Bertz CT molecular complexity index is 479. The van der Waals surface area contributed by atoms with E-state index in [0.29, 0.717) is 24.3 Å². The number of nitrogens with zero attached hydrogens (tertiary/aromatic N) is 1. The van der Waals surface area contributed by atoms with Crippen molar-refractivity contribution in [1.82, 2.24) is 4.90 Å².